The highest BCUT2D eigenvalue weighted by Gasteiger charge is 2.15. The second-order valence-electron chi connectivity index (χ2n) is 6.62. The molecule has 0 aliphatic rings. The van der Waals surface area contributed by atoms with Crippen LogP contribution in [-0.2, 0) is 6.42 Å². The van der Waals surface area contributed by atoms with Gasteiger partial charge in [-0.25, -0.2) is 9.50 Å². The molecule has 1 aromatic carbocycles. The lowest BCUT2D eigenvalue weighted by atomic mass is 10.1. The molecule has 3 aromatic heterocycles. The van der Waals surface area contributed by atoms with Crippen molar-refractivity contribution >= 4 is 5.65 Å². The number of aromatic amines is 1. The number of hydrogen-bond donors (Lipinski definition) is 1. The fourth-order valence-corrected chi connectivity index (χ4v) is 3.28. The van der Waals surface area contributed by atoms with Gasteiger partial charge in [-0.2, -0.15) is 5.10 Å². The standard InChI is InChI=1S/C20H21N5O2/c1-13(24-10-4-9-21-24)11-16-12-18(26)25-20(22-16)14(2)19(23-25)15-5-7-17(27-3)8-6-15/h4-10,12-13,23H,11H2,1-3H3. The first-order valence-electron chi connectivity index (χ1n) is 8.81. The molecule has 1 N–H and O–H groups in total. The quantitative estimate of drug-likeness (QED) is 0.591. The molecule has 3 heterocycles. The normalized spacial score (nSPS) is 12.4. The zero-order chi connectivity index (χ0) is 19.0. The highest BCUT2D eigenvalue weighted by atomic mass is 16.5. The van der Waals surface area contributed by atoms with Crippen LogP contribution in [0.2, 0.25) is 0 Å². The molecule has 0 saturated heterocycles. The van der Waals surface area contributed by atoms with E-state index in [-0.39, 0.29) is 11.6 Å². The van der Waals surface area contributed by atoms with Gasteiger partial charge in [0.2, 0.25) is 0 Å². The van der Waals surface area contributed by atoms with Crippen LogP contribution in [0.4, 0.5) is 0 Å². The molecule has 0 radical (unpaired) electrons. The van der Waals surface area contributed by atoms with Gasteiger partial charge in [0, 0.05) is 36.0 Å². The molecule has 0 saturated carbocycles. The first kappa shape index (κ1) is 17.1. The summed E-state index contributed by atoms with van der Waals surface area (Å²) in [6, 6.07) is 11.3. The van der Waals surface area contributed by atoms with Crippen molar-refractivity contribution in [2.45, 2.75) is 26.3 Å². The lowest BCUT2D eigenvalue weighted by Crippen LogP contribution is -2.18. The Kier molecular flexibility index (Phi) is 4.27. The van der Waals surface area contributed by atoms with Crippen molar-refractivity contribution in [1.29, 1.82) is 0 Å². The molecule has 0 amide bonds. The van der Waals surface area contributed by atoms with Crippen LogP contribution in [0.15, 0.2) is 53.6 Å². The van der Waals surface area contributed by atoms with Crippen LogP contribution < -0.4 is 10.3 Å². The predicted molar refractivity (Wildman–Crippen MR) is 103 cm³/mol. The summed E-state index contributed by atoms with van der Waals surface area (Å²) in [6.45, 7) is 4.03. The lowest BCUT2D eigenvalue weighted by molar-refractivity contribution is 0.415. The van der Waals surface area contributed by atoms with E-state index in [4.69, 9.17) is 9.72 Å². The van der Waals surface area contributed by atoms with E-state index in [1.807, 2.05) is 48.1 Å². The number of methoxy groups -OCH3 is 1. The van der Waals surface area contributed by atoms with Gasteiger partial charge in [0.05, 0.1) is 24.5 Å². The Morgan fingerprint density at radius 1 is 1.26 bits per heavy atom. The highest BCUT2D eigenvalue weighted by Crippen LogP contribution is 2.26. The number of rotatable bonds is 5. The smallest absolute Gasteiger partial charge is 0.272 e. The fraction of sp³-hybridized carbons (Fsp3) is 0.250. The molecule has 4 rings (SSSR count). The summed E-state index contributed by atoms with van der Waals surface area (Å²) < 4.78 is 8.58. The average Bonchev–Trinajstić information content (AvgIpc) is 3.31. The van der Waals surface area contributed by atoms with Gasteiger partial charge in [0.15, 0.2) is 5.65 Å². The molecule has 4 aromatic rings. The van der Waals surface area contributed by atoms with Crippen LogP contribution in [0.25, 0.3) is 16.9 Å². The van der Waals surface area contributed by atoms with E-state index in [0.29, 0.717) is 12.1 Å². The number of aryl methyl sites for hydroxylation is 1. The molecule has 138 valence electrons. The Balaban J connectivity index is 1.73. The summed E-state index contributed by atoms with van der Waals surface area (Å²) in [7, 11) is 1.64. The predicted octanol–water partition coefficient (Wildman–Crippen LogP) is 3.01. The summed E-state index contributed by atoms with van der Waals surface area (Å²) in [5, 5.41) is 7.44. The van der Waals surface area contributed by atoms with Crippen molar-refractivity contribution in [3.8, 4) is 17.0 Å². The maximum atomic E-state index is 12.6. The van der Waals surface area contributed by atoms with E-state index in [2.05, 4.69) is 17.1 Å². The van der Waals surface area contributed by atoms with E-state index in [0.717, 1.165) is 28.3 Å². The van der Waals surface area contributed by atoms with Crippen LogP contribution in [0.3, 0.4) is 0 Å². The van der Waals surface area contributed by atoms with Crippen LogP contribution in [-0.4, -0.2) is 31.5 Å². The van der Waals surface area contributed by atoms with Crippen molar-refractivity contribution in [2.75, 3.05) is 7.11 Å². The molecule has 7 nitrogen and oxygen atoms in total. The van der Waals surface area contributed by atoms with Gasteiger partial charge in [0.25, 0.3) is 5.56 Å². The van der Waals surface area contributed by atoms with Gasteiger partial charge in [0.1, 0.15) is 5.75 Å². The number of aromatic nitrogens is 5. The number of ether oxygens (including phenoxy) is 1. The molecular weight excluding hydrogens is 342 g/mol. The largest absolute Gasteiger partial charge is 0.497 e. The van der Waals surface area contributed by atoms with Gasteiger partial charge in [-0.3, -0.25) is 14.6 Å². The first-order valence-corrected chi connectivity index (χ1v) is 8.81. The minimum atomic E-state index is -0.120. The molecular formula is C20H21N5O2. The molecule has 1 atom stereocenters. The van der Waals surface area contributed by atoms with Crippen molar-refractivity contribution in [2.24, 2.45) is 0 Å². The van der Waals surface area contributed by atoms with Gasteiger partial charge < -0.3 is 4.74 Å². The Hall–Kier alpha value is -3.35. The Morgan fingerprint density at radius 2 is 2.04 bits per heavy atom. The number of fused-ring (bicyclic) bond motifs is 1. The van der Waals surface area contributed by atoms with Crippen molar-refractivity contribution in [3.63, 3.8) is 0 Å². The topological polar surface area (TPSA) is 77.2 Å². The summed E-state index contributed by atoms with van der Waals surface area (Å²) in [6.07, 6.45) is 4.30. The monoisotopic (exact) mass is 363 g/mol. The first-order chi connectivity index (χ1) is 13.1. The third-order valence-electron chi connectivity index (χ3n) is 4.77. The van der Waals surface area contributed by atoms with E-state index in [9.17, 15) is 4.79 Å². The van der Waals surface area contributed by atoms with E-state index in [1.165, 1.54) is 4.52 Å². The molecule has 0 aliphatic carbocycles. The van der Waals surface area contributed by atoms with Gasteiger partial charge in [-0.1, -0.05) is 0 Å². The zero-order valence-corrected chi connectivity index (χ0v) is 15.5. The van der Waals surface area contributed by atoms with Crippen molar-refractivity contribution in [1.82, 2.24) is 24.4 Å². The molecule has 0 spiro atoms. The van der Waals surface area contributed by atoms with Crippen molar-refractivity contribution < 1.29 is 4.74 Å². The minimum absolute atomic E-state index is 0.120. The van der Waals surface area contributed by atoms with Crippen LogP contribution in [0.5, 0.6) is 5.75 Å². The summed E-state index contributed by atoms with van der Waals surface area (Å²) in [5.74, 6) is 0.790. The molecule has 7 heteroatoms. The fourth-order valence-electron chi connectivity index (χ4n) is 3.28. The van der Waals surface area contributed by atoms with Gasteiger partial charge in [-0.05, 0) is 44.2 Å². The average molecular weight is 363 g/mol. The second-order valence-corrected chi connectivity index (χ2v) is 6.62. The van der Waals surface area contributed by atoms with Crippen LogP contribution in [0.1, 0.15) is 24.2 Å². The molecule has 0 fully saturated rings. The van der Waals surface area contributed by atoms with E-state index < -0.39 is 0 Å². The Morgan fingerprint density at radius 3 is 2.70 bits per heavy atom. The maximum absolute atomic E-state index is 12.6. The third-order valence-corrected chi connectivity index (χ3v) is 4.77. The lowest BCUT2D eigenvalue weighted by Gasteiger charge is -2.11. The van der Waals surface area contributed by atoms with Crippen LogP contribution in [0, 0.1) is 6.92 Å². The molecule has 0 aliphatic heterocycles. The SMILES string of the molecule is COc1ccc(-c2[nH]n3c(=O)cc(CC(C)n4cccn4)nc3c2C)cc1. The van der Waals surface area contributed by atoms with E-state index in [1.54, 1.807) is 19.4 Å². The Labute approximate surface area is 156 Å². The van der Waals surface area contributed by atoms with Crippen LogP contribution >= 0.6 is 0 Å². The number of hydrogen-bond acceptors (Lipinski definition) is 4. The van der Waals surface area contributed by atoms with Gasteiger partial charge in [-0.15, -0.1) is 0 Å². The summed E-state index contributed by atoms with van der Waals surface area (Å²) in [4.78, 5) is 17.3. The maximum Gasteiger partial charge on any atom is 0.272 e. The summed E-state index contributed by atoms with van der Waals surface area (Å²) >= 11 is 0. The minimum Gasteiger partial charge on any atom is -0.497 e. The zero-order valence-electron chi connectivity index (χ0n) is 15.5. The van der Waals surface area contributed by atoms with Gasteiger partial charge >= 0.3 is 0 Å². The van der Waals surface area contributed by atoms with Crippen molar-refractivity contribution in [3.05, 3.63) is 70.4 Å². The molecule has 1 unspecified atom stereocenters. The third kappa shape index (κ3) is 3.12. The number of nitrogens with zero attached hydrogens (tertiary/aromatic N) is 4. The Bertz CT molecular complexity index is 1120. The number of H-pyrrole nitrogens is 1. The molecule has 27 heavy (non-hydrogen) atoms. The molecule has 0 bridgehead atoms. The van der Waals surface area contributed by atoms with E-state index >= 15 is 0 Å². The second kappa shape index (κ2) is 6.75. The number of nitrogens with one attached hydrogen (secondary N) is 1. The highest BCUT2D eigenvalue weighted by molar-refractivity contribution is 5.70. The summed E-state index contributed by atoms with van der Waals surface area (Å²) in [5.41, 5.74) is 4.07. The number of benzene rings is 1.